The lowest BCUT2D eigenvalue weighted by molar-refractivity contribution is 0.288. The summed E-state index contributed by atoms with van der Waals surface area (Å²) >= 11 is 5.19. The number of aliphatic hydroxyl groups excluding tert-OH is 1. The molecule has 4 nitrogen and oxygen atoms in total. The van der Waals surface area contributed by atoms with E-state index in [1.807, 2.05) is 24.3 Å². The molecule has 0 aliphatic carbocycles. The Hall–Kier alpha value is -1.72. The molecule has 0 amide bonds. The Bertz CT molecular complexity index is 642. The average Bonchev–Trinajstić information content (AvgIpc) is 2.47. The lowest BCUT2D eigenvalue weighted by Crippen LogP contribution is -2.34. The van der Waals surface area contributed by atoms with Gasteiger partial charge in [0.1, 0.15) is 4.99 Å². The molecule has 5 heteroatoms. The SMILES string of the molecule is CC(C)N(CCCO)c1c(C(N)=S)cnc2ccccc12. The van der Waals surface area contributed by atoms with Gasteiger partial charge < -0.3 is 15.7 Å². The molecule has 1 heterocycles. The fourth-order valence-electron chi connectivity index (χ4n) is 2.49. The number of nitrogens with two attached hydrogens (primary N) is 1. The molecule has 0 bridgehead atoms. The molecule has 112 valence electrons. The third kappa shape index (κ3) is 3.31. The summed E-state index contributed by atoms with van der Waals surface area (Å²) < 4.78 is 0. The van der Waals surface area contributed by atoms with Crippen LogP contribution in [0, 0.1) is 0 Å². The number of thiocarbonyl (C=S) groups is 1. The Balaban J connectivity index is 2.66. The van der Waals surface area contributed by atoms with Crippen LogP contribution in [0.4, 0.5) is 5.69 Å². The third-order valence-electron chi connectivity index (χ3n) is 3.48. The van der Waals surface area contributed by atoms with Crippen LogP contribution in [-0.4, -0.2) is 34.3 Å². The van der Waals surface area contributed by atoms with Crippen LogP contribution in [0.1, 0.15) is 25.8 Å². The minimum Gasteiger partial charge on any atom is -0.396 e. The number of aromatic nitrogens is 1. The van der Waals surface area contributed by atoms with E-state index in [-0.39, 0.29) is 12.6 Å². The largest absolute Gasteiger partial charge is 0.396 e. The van der Waals surface area contributed by atoms with E-state index < -0.39 is 0 Å². The minimum atomic E-state index is 0.161. The summed E-state index contributed by atoms with van der Waals surface area (Å²) in [5.41, 5.74) is 8.60. The predicted octanol–water partition coefficient (Wildman–Crippen LogP) is 2.47. The molecule has 0 saturated carbocycles. The lowest BCUT2D eigenvalue weighted by atomic mass is 10.1. The monoisotopic (exact) mass is 303 g/mol. The van der Waals surface area contributed by atoms with Crippen molar-refractivity contribution in [3.63, 3.8) is 0 Å². The summed E-state index contributed by atoms with van der Waals surface area (Å²) in [7, 11) is 0. The first-order chi connectivity index (χ1) is 10.1. The number of fused-ring (bicyclic) bond motifs is 1. The van der Waals surface area contributed by atoms with Gasteiger partial charge in [0.15, 0.2) is 0 Å². The van der Waals surface area contributed by atoms with Crippen molar-refractivity contribution in [1.82, 2.24) is 4.98 Å². The van der Waals surface area contributed by atoms with Gasteiger partial charge in [-0.1, -0.05) is 30.4 Å². The van der Waals surface area contributed by atoms with Crippen molar-refractivity contribution in [1.29, 1.82) is 0 Å². The topological polar surface area (TPSA) is 62.4 Å². The normalized spacial score (nSPS) is 11.0. The van der Waals surface area contributed by atoms with Gasteiger partial charge in [-0.3, -0.25) is 4.98 Å². The van der Waals surface area contributed by atoms with Crippen LogP contribution >= 0.6 is 12.2 Å². The van der Waals surface area contributed by atoms with Gasteiger partial charge in [-0.2, -0.15) is 0 Å². The second-order valence-corrected chi connectivity index (χ2v) is 5.71. The fourth-order valence-corrected chi connectivity index (χ4v) is 2.64. The first-order valence-electron chi connectivity index (χ1n) is 7.11. The number of hydrogen-bond acceptors (Lipinski definition) is 4. The average molecular weight is 303 g/mol. The van der Waals surface area contributed by atoms with Gasteiger partial charge in [0.05, 0.1) is 16.8 Å². The molecular formula is C16H21N3OS. The molecular weight excluding hydrogens is 282 g/mol. The van der Waals surface area contributed by atoms with Crippen molar-refractivity contribution < 1.29 is 5.11 Å². The predicted molar refractivity (Wildman–Crippen MR) is 91.8 cm³/mol. The molecule has 1 aromatic carbocycles. The maximum Gasteiger partial charge on any atom is 0.107 e. The second-order valence-electron chi connectivity index (χ2n) is 5.27. The molecule has 0 atom stereocenters. The summed E-state index contributed by atoms with van der Waals surface area (Å²) in [6.45, 7) is 5.15. The molecule has 1 aromatic heterocycles. The zero-order valence-corrected chi connectivity index (χ0v) is 13.2. The highest BCUT2D eigenvalue weighted by Gasteiger charge is 2.19. The minimum absolute atomic E-state index is 0.161. The van der Waals surface area contributed by atoms with Crippen LogP contribution < -0.4 is 10.6 Å². The Labute approximate surface area is 130 Å². The molecule has 0 radical (unpaired) electrons. The van der Waals surface area contributed by atoms with Crippen molar-refractivity contribution in [3.8, 4) is 0 Å². The quantitative estimate of drug-likeness (QED) is 0.803. The maximum atomic E-state index is 9.15. The number of para-hydroxylation sites is 1. The molecule has 3 N–H and O–H groups in total. The van der Waals surface area contributed by atoms with Gasteiger partial charge in [-0.05, 0) is 26.3 Å². The number of benzene rings is 1. The maximum absolute atomic E-state index is 9.15. The van der Waals surface area contributed by atoms with E-state index >= 15 is 0 Å². The van der Waals surface area contributed by atoms with E-state index in [0.29, 0.717) is 11.4 Å². The summed E-state index contributed by atoms with van der Waals surface area (Å²) in [5.74, 6) is 0. The summed E-state index contributed by atoms with van der Waals surface area (Å²) in [6, 6.07) is 8.24. The highest BCUT2D eigenvalue weighted by atomic mass is 32.1. The molecule has 0 saturated heterocycles. The number of anilines is 1. The number of nitrogens with zero attached hydrogens (tertiary/aromatic N) is 2. The highest BCUT2D eigenvalue weighted by Crippen LogP contribution is 2.31. The van der Waals surface area contributed by atoms with Crippen LogP contribution in [-0.2, 0) is 0 Å². The molecule has 2 aromatic rings. The van der Waals surface area contributed by atoms with Crippen LogP contribution in [0.3, 0.4) is 0 Å². The smallest absolute Gasteiger partial charge is 0.107 e. The second kappa shape index (κ2) is 6.83. The number of pyridine rings is 1. The molecule has 21 heavy (non-hydrogen) atoms. The van der Waals surface area contributed by atoms with Crippen molar-refractivity contribution in [2.75, 3.05) is 18.1 Å². The van der Waals surface area contributed by atoms with Gasteiger partial charge in [-0.15, -0.1) is 0 Å². The van der Waals surface area contributed by atoms with Crippen molar-refractivity contribution in [2.24, 2.45) is 5.73 Å². The van der Waals surface area contributed by atoms with Crippen LogP contribution in [0.15, 0.2) is 30.5 Å². The van der Waals surface area contributed by atoms with Gasteiger partial charge in [0.2, 0.25) is 0 Å². The van der Waals surface area contributed by atoms with Crippen LogP contribution in [0.5, 0.6) is 0 Å². The highest BCUT2D eigenvalue weighted by molar-refractivity contribution is 7.80. The summed E-state index contributed by atoms with van der Waals surface area (Å²) in [6.07, 6.45) is 2.44. The zero-order chi connectivity index (χ0) is 15.4. The molecule has 2 rings (SSSR count). The van der Waals surface area contributed by atoms with E-state index in [9.17, 15) is 0 Å². The Morgan fingerprint density at radius 2 is 2.10 bits per heavy atom. The van der Waals surface area contributed by atoms with E-state index in [0.717, 1.165) is 28.7 Å². The molecule has 0 spiro atoms. The number of aliphatic hydroxyl groups is 1. The molecule has 0 aliphatic rings. The van der Waals surface area contributed by atoms with Gasteiger partial charge in [-0.25, -0.2) is 0 Å². The molecule has 0 aliphatic heterocycles. The third-order valence-corrected chi connectivity index (χ3v) is 3.70. The van der Waals surface area contributed by atoms with E-state index in [1.54, 1.807) is 6.20 Å². The van der Waals surface area contributed by atoms with Crippen molar-refractivity contribution in [2.45, 2.75) is 26.3 Å². The lowest BCUT2D eigenvalue weighted by Gasteiger charge is -2.31. The molecule has 0 unspecified atom stereocenters. The Morgan fingerprint density at radius 1 is 1.38 bits per heavy atom. The van der Waals surface area contributed by atoms with Crippen LogP contribution in [0.2, 0.25) is 0 Å². The zero-order valence-electron chi connectivity index (χ0n) is 12.4. The summed E-state index contributed by atoms with van der Waals surface area (Å²) in [5, 5.41) is 10.2. The first-order valence-corrected chi connectivity index (χ1v) is 7.52. The van der Waals surface area contributed by atoms with E-state index in [2.05, 4.69) is 23.7 Å². The van der Waals surface area contributed by atoms with E-state index in [1.165, 1.54) is 0 Å². The Kier molecular flexibility index (Phi) is 5.09. The Morgan fingerprint density at radius 3 is 2.71 bits per heavy atom. The number of rotatable bonds is 6. The fraction of sp³-hybridized carbons (Fsp3) is 0.375. The van der Waals surface area contributed by atoms with Crippen molar-refractivity contribution in [3.05, 3.63) is 36.0 Å². The van der Waals surface area contributed by atoms with Crippen molar-refractivity contribution >= 4 is 33.8 Å². The van der Waals surface area contributed by atoms with Crippen LogP contribution in [0.25, 0.3) is 10.9 Å². The first kappa shape index (κ1) is 15.7. The van der Waals surface area contributed by atoms with Gasteiger partial charge >= 0.3 is 0 Å². The molecule has 0 fully saturated rings. The summed E-state index contributed by atoms with van der Waals surface area (Å²) in [4.78, 5) is 7.02. The van der Waals surface area contributed by atoms with Gasteiger partial charge in [0, 0.05) is 30.8 Å². The van der Waals surface area contributed by atoms with E-state index in [4.69, 9.17) is 23.1 Å². The number of hydrogen-bond donors (Lipinski definition) is 2. The standard InChI is InChI=1S/C16H21N3OS/c1-11(2)19(8-5-9-20)15-12-6-3-4-7-14(12)18-10-13(15)16(17)21/h3-4,6-7,10-11,20H,5,8-9H2,1-2H3,(H2,17,21). The van der Waals surface area contributed by atoms with Gasteiger partial charge in [0.25, 0.3) is 0 Å².